The molecule has 0 bridgehead atoms. The molecule has 23 heavy (non-hydrogen) atoms. The van der Waals surface area contributed by atoms with Crippen LogP contribution >= 0.6 is 11.5 Å². The Bertz CT molecular complexity index is 668. The molecule has 2 aromatic rings. The SMILES string of the molecule is CCc1nsc(N2CCCN(C(=O)Nc3ccn(C)n3)CC2)n1. The van der Waals surface area contributed by atoms with Gasteiger partial charge in [0, 0.05) is 63.4 Å². The Morgan fingerprint density at radius 3 is 2.91 bits per heavy atom. The van der Waals surface area contributed by atoms with Gasteiger partial charge in [0.2, 0.25) is 5.13 Å². The summed E-state index contributed by atoms with van der Waals surface area (Å²) in [7, 11) is 1.83. The second-order valence-corrected chi connectivity index (χ2v) is 6.21. The maximum atomic E-state index is 12.3. The molecule has 0 spiro atoms. The quantitative estimate of drug-likeness (QED) is 0.921. The number of anilines is 2. The Labute approximate surface area is 139 Å². The maximum absolute atomic E-state index is 12.3. The molecular formula is C14H21N7OS. The highest BCUT2D eigenvalue weighted by Crippen LogP contribution is 2.19. The van der Waals surface area contributed by atoms with Gasteiger partial charge in [-0.1, -0.05) is 6.92 Å². The van der Waals surface area contributed by atoms with Crippen LogP contribution in [0.3, 0.4) is 0 Å². The molecule has 0 unspecified atom stereocenters. The van der Waals surface area contributed by atoms with Crippen LogP contribution in [-0.2, 0) is 13.5 Å². The van der Waals surface area contributed by atoms with E-state index < -0.39 is 0 Å². The highest BCUT2D eigenvalue weighted by molar-refractivity contribution is 7.09. The molecule has 1 fully saturated rings. The van der Waals surface area contributed by atoms with E-state index in [1.807, 2.05) is 11.9 Å². The number of urea groups is 1. The number of aromatic nitrogens is 4. The van der Waals surface area contributed by atoms with E-state index in [0.29, 0.717) is 12.4 Å². The molecule has 0 aromatic carbocycles. The molecule has 1 aliphatic heterocycles. The summed E-state index contributed by atoms with van der Waals surface area (Å²) < 4.78 is 6.01. The highest BCUT2D eigenvalue weighted by atomic mass is 32.1. The van der Waals surface area contributed by atoms with Gasteiger partial charge >= 0.3 is 6.03 Å². The molecule has 2 aromatic heterocycles. The van der Waals surface area contributed by atoms with E-state index in [1.165, 1.54) is 11.5 Å². The fourth-order valence-electron chi connectivity index (χ4n) is 2.50. The van der Waals surface area contributed by atoms with Crippen molar-refractivity contribution < 1.29 is 4.79 Å². The van der Waals surface area contributed by atoms with Crippen LogP contribution in [0.25, 0.3) is 0 Å². The number of rotatable bonds is 3. The largest absolute Gasteiger partial charge is 0.345 e. The van der Waals surface area contributed by atoms with Crippen molar-refractivity contribution in [3.63, 3.8) is 0 Å². The zero-order chi connectivity index (χ0) is 16.2. The predicted molar refractivity (Wildman–Crippen MR) is 89.9 cm³/mol. The van der Waals surface area contributed by atoms with Crippen molar-refractivity contribution in [3.05, 3.63) is 18.1 Å². The van der Waals surface area contributed by atoms with Gasteiger partial charge in [-0.2, -0.15) is 9.47 Å². The van der Waals surface area contributed by atoms with E-state index in [4.69, 9.17) is 0 Å². The van der Waals surface area contributed by atoms with Crippen LogP contribution in [0.5, 0.6) is 0 Å². The van der Waals surface area contributed by atoms with Crippen molar-refractivity contribution in [2.45, 2.75) is 19.8 Å². The minimum Gasteiger partial charge on any atom is -0.345 e. The van der Waals surface area contributed by atoms with E-state index >= 15 is 0 Å². The number of amides is 2. The van der Waals surface area contributed by atoms with Gasteiger partial charge in [0.25, 0.3) is 0 Å². The molecule has 0 radical (unpaired) electrons. The van der Waals surface area contributed by atoms with E-state index in [9.17, 15) is 4.79 Å². The third-order valence-electron chi connectivity index (χ3n) is 3.78. The molecule has 0 atom stereocenters. The molecule has 0 saturated carbocycles. The molecule has 124 valence electrons. The molecule has 1 N–H and O–H groups in total. The van der Waals surface area contributed by atoms with Crippen LogP contribution in [0.15, 0.2) is 12.3 Å². The monoisotopic (exact) mass is 335 g/mol. The van der Waals surface area contributed by atoms with E-state index in [0.717, 1.165) is 43.4 Å². The zero-order valence-corrected chi connectivity index (χ0v) is 14.2. The summed E-state index contributed by atoms with van der Waals surface area (Å²) in [4.78, 5) is 20.9. The first kappa shape index (κ1) is 15.7. The highest BCUT2D eigenvalue weighted by Gasteiger charge is 2.21. The lowest BCUT2D eigenvalue weighted by Gasteiger charge is -2.21. The summed E-state index contributed by atoms with van der Waals surface area (Å²) in [5, 5.41) is 7.97. The molecule has 1 saturated heterocycles. The van der Waals surface area contributed by atoms with Gasteiger partial charge in [-0.15, -0.1) is 0 Å². The number of carbonyl (C=O) groups is 1. The number of hydrogen-bond donors (Lipinski definition) is 1. The first-order chi connectivity index (χ1) is 11.2. The second kappa shape index (κ2) is 6.95. The Balaban J connectivity index is 1.58. The second-order valence-electron chi connectivity index (χ2n) is 5.48. The van der Waals surface area contributed by atoms with Crippen molar-refractivity contribution in [2.75, 3.05) is 36.4 Å². The van der Waals surface area contributed by atoms with Gasteiger partial charge in [-0.3, -0.25) is 10.00 Å². The molecule has 2 amide bonds. The van der Waals surface area contributed by atoms with Gasteiger partial charge in [0.05, 0.1) is 0 Å². The van der Waals surface area contributed by atoms with Crippen molar-refractivity contribution in [2.24, 2.45) is 7.05 Å². The van der Waals surface area contributed by atoms with Crippen LogP contribution in [-0.4, -0.2) is 56.2 Å². The Morgan fingerprint density at radius 2 is 2.22 bits per heavy atom. The summed E-state index contributed by atoms with van der Waals surface area (Å²) in [6.07, 6.45) is 3.57. The molecule has 3 rings (SSSR count). The lowest BCUT2D eigenvalue weighted by Crippen LogP contribution is -2.38. The van der Waals surface area contributed by atoms with E-state index in [1.54, 1.807) is 16.9 Å². The van der Waals surface area contributed by atoms with Gasteiger partial charge in [0.15, 0.2) is 5.82 Å². The van der Waals surface area contributed by atoms with Crippen LogP contribution in [0.4, 0.5) is 15.7 Å². The van der Waals surface area contributed by atoms with Crippen LogP contribution in [0.2, 0.25) is 0 Å². The van der Waals surface area contributed by atoms with Gasteiger partial charge in [-0.25, -0.2) is 9.78 Å². The van der Waals surface area contributed by atoms with Crippen molar-refractivity contribution in [3.8, 4) is 0 Å². The third kappa shape index (κ3) is 3.79. The van der Waals surface area contributed by atoms with Gasteiger partial charge < -0.3 is 9.80 Å². The number of nitrogens with one attached hydrogen (secondary N) is 1. The Morgan fingerprint density at radius 1 is 1.35 bits per heavy atom. The Kier molecular flexibility index (Phi) is 4.75. The fraction of sp³-hybridized carbons (Fsp3) is 0.571. The van der Waals surface area contributed by atoms with Gasteiger partial charge in [0.1, 0.15) is 5.82 Å². The average molecular weight is 335 g/mol. The van der Waals surface area contributed by atoms with E-state index in [2.05, 4.69) is 31.6 Å². The summed E-state index contributed by atoms with van der Waals surface area (Å²) in [6, 6.07) is 1.69. The molecule has 8 nitrogen and oxygen atoms in total. The third-order valence-corrected chi connectivity index (χ3v) is 4.59. The molecule has 9 heteroatoms. The Hall–Kier alpha value is -2.16. The maximum Gasteiger partial charge on any atom is 0.323 e. The molecule has 3 heterocycles. The van der Waals surface area contributed by atoms with Crippen LogP contribution in [0.1, 0.15) is 19.2 Å². The summed E-state index contributed by atoms with van der Waals surface area (Å²) in [6.45, 7) is 5.12. The topological polar surface area (TPSA) is 79.2 Å². The first-order valence-corrected chi connectivity index (χ1v) is 8.56. The minimum atomic E-state index is -0.0999. The predicted octanol–water partition coefficient (Wildman–Crippen LogP) is 1.58. The minimum absolute atomic E-state index is 0.0999. The number of nitrogens with zero attached hydrogens (tertiary/aromatic N) is 6. The van der Waals surface area contributed by atoms with Crippen molar-refractivity contribution in [1.82, 2.24) is 24.0 Å². The lowest BCUT2D eigenvalue weighted by atomic mass is 10.4. The zero-order valence-electron chi connectivity index (χ0n) is 13.4. The normalized spacial score (nSPS) is 15.6. The fourth-order valence-corrected chi connectivity index (χ4v) is 3.30. The number of carbonyl (C=O) groups excluding carboxylic acids is 1. The van der Waals surface area contributed by atoms with E-state index in [-0.39, 0.29) is 6.03 Å². The number of hydrogen-bond acceptors (Lipinski definition) is 6. The lowest BCUT2D eigenvalue weighted by molar-refractivity contribution is 0.215. The molecule has 1 aliphatic rings. The van der Waals surface area contributed by atoms with Crippen molar-refractivity contribution in [1.29, 1.82) is 0 Å². The number of aryl methyl sites for hydroxylation is 2. The smallest absolute Gasteiger partial charge is 0.323 e. The van der Waals surface area contributed by atoms with Crippen LogP contribution < -0.4 is 10.2 Å². The molecule has 0 aliphatic carbocycles. The standard InChI is InChI=1S/C14H21N7OS/c1-3-11-16-14(23-18-11)21-7-4-6-20(9-10-21)13(22)15-12-5-8-19(2)17-12/h5,8H,3-4,6-7,9-10H2,1-2H3,(H,15,17,22). The summed E-state index contributed by atoms with van der Waals surface area (Å²) >= 11 is 1.44. The summed E-state index contributed by atoms with van der Waals surface area (Å²) in [5.74, 6) is 1.47. The molecular weight excluding hydrogens is 314 g/mol. The van der Waals surface area contributed by atoms with Gasteiger partial charge in [-0.05, 0) is 6.42 Å². The summed E-state index contributed by atoms with van der Waals surface area (Å²) in [5.41, 5.74) is 0. The van der Waals surface area contributed by atoms with Crippen molar-refractivity contribution >= 4 is 28.5 Å². The average Bonchev–Trinajstić information content (AvgIpc) is 3.10. The first-order valence-electron chi connectivity index (χ1n) is 7.79. The van der Waals surface area contributed by atoms with Crippen LogP contribution in [0, 0.1) is 0 Å².